The van der Waals surface area contributed by atoms with Crippen LogP contribution in [0.15, 0.2) is 34.7 Å². The molecule has 0 atom stereocenters. The quantitative estimate of drug-likeness (QED) is 0.872. The van der Waals surface area contributed by atoms with E-state index in [-0.39, 0.29) is 11.8 Å². The van der Waals surface area contributed by atoms with Gasteiger partial charge in [0.2, 0.25) is 0 Å². The van der Waals surface area contributed by atoms with Gasteiger partial charge in [0.15, 0.2) is 5.22 Å². The van der Waals surface area contributed by atoms with E-state index in [4.69, 9.17) is 16.0 Å². The Hall–Kier alpha value is -1.62. The second-order valence-corrected chi connectivity index (χ2v) is 4.46. The van der Waals surface area contributed by atoms with E-state index in [2.05, 4.69) is 5.32 Å². The molecule has 1 heterocycles. The second-order valence-electron chi connectivity index (χ2n) is 4.09. The number of halogens is 4. The molecule has 0 aliphatic carbocycles. The Bertz CT molecular complexity index is 578. The summed E-state index contributed by atoms with van der Waals surface area (Å²) >= 11 is 5.62. The summed E-state index contributed by atoms with van der Waals surface area (Å²) in [5, 5.41) is 3.15. The third kappa shape index (κ3) is 3.44. The van der Waals surface area contributed by atoms with Gasteiger partial charge in [-0.25, -0.2) is 0 Å². The monoisotopic (exact) mass is 289 g/mol. The number of furan rings is 1. The zero-order chi connectivity index (χ0) is 14.0. The van der Waals surface area contributed by atoms with Crippen molar-refractivity contribution in [3.63, 3.8) is 0 Å². The first-order chi connectivity index (χ1) is 8.86. The molecule has 1 aromatic carbocycles. The normalized spacial score (nSPS) is 11.6. The maximum absolute atomic E-state index is 12.6. The van der Waals surface area contributed by atoms with Crippen LogP contribution in [0.4, 0.5) is 18.9 Å². The van der Waals surface area contributed by atoms with Crippen LogP contribution in [0, 0.1) is 6.92 Å². The molecule has 2 rings (SSSR count). The standard InChI is InChI=1S/C13H11ClF3NO/c1-8-2-3-9(13(15,16)17)6-11(8)18-7-10-4-5-12(14)19-10/h2-6,18H,7H2,1H3. The largest absolute Gasteiger partial charge is 0.448 e. The van der Waals surface area contributed by atoms with Crippen molar-refractivity contribution in [2.75, 3.05) is 5.32 Å². The lowest BCUT2D eigenvalue weighted by atomic mass is 10.1. The van der Waals surface area contributed by atoms with Crippen molar-refractivity contribution in [2.24, 2.45) is 0 Å². The van der Waals surface area contributed by atoms with E-state index in [0.717, 1.165) is 17.7 Å². The van der Waals surface area contributed by atoms with Crippen molar-refractivity contribution in [1.82, 2.24) is 0 Å². The fraction of sp³-hybridized carbons (Fsp3) is 0.231. The summed E-state index contributed by atoms with van der Waals surface area (Å²) < 4.78 is 42.9. The fourth-order valence-corrected chi connectivity index (χ4v) is 1.78. The molecule has 0 bridgehead atoms. The van der Waals surface area contributed by atoms with E-state index in [9.17, 15) is 13.2 Å². The van der Waals surface area contributed by atoms with Gasteiger partial charge in [-0.2, -0.15) is 13.2 Å². The molecule has 0 aliphatic rings. The lowest BCUT2D eigenvalue weighted by molar-refractivity contribution is -0.137. The van der Waals surface area contributed by atoms with Gasteiger partial charge >= 0.3 is 6.18 Å². The first-order valence-electron chi connectivity index (χ1n) is 5.52. The third-order valence-corrected chi connectivity index (χ3v) is 2.85. The molecule has 2 nitrogen and oxygen atoms in total. The summed E-state index contributed by atoms with van der Waals surface area (Å²) in [7, 11) is 0. The van der Waals surface area contributed by atoms with Gasteiger partial charge in [0, 0.05) is 5.69 Å². The molecule has 0 spiro atoms. The van der Waals surface area contributed by atoms with Crippen LogP contribution < -0.4 is 5.32 Å². The molecule has 0 fully saturated rings. The van der Waals surface area contributed by atoms with Crippen molar-refractivity contribution < 1.29 is 17.6 Å². The van der Waals surface area contributed by atoms with Gasteiger partial charge in [0.25, 0.3) is 0 Å². The molecule has 0 radical (unpaired) electrons. The van der Waals surface area contributed by atoms with Crippen LogP contribution in [0.1, 0.15) is 16.9 Å². The minimum atomic E-state index is -4.35. The lowest BCUT2D eigenvalue weighted by Crippen LogP contribution is -2.07. The van der Waals surface area contributed by atoms with Crippen molar-refractivity contribution in [3.05, 3.63) is 52.4 Å². The van der Waals surface area contributed by atoms with Crippen molar-refractivity contribution in [1.29, 1.82) is 0 Å². The summed E-state index contributed by atoms with van der Waals surface area (Å²) in [6.45, 7) is 2.01. The molecule has 0 unspecified atom stereocenters. The van der Waals surface area contributed by atoms with Crippen LogP contribution in [0.3, 0.4) is 0 Å². The highest BCUT2D eigenvalue weighted by molar-refractivity contribution is 6.28. The summed E-state index contributed by atoms with van der Waals surface area (Å²) in [6, 6.07) is 6.82. The predicted octanol–water partition coefficient (Wildman–Crippen LogP) is 4.87. The van der Waals surface area contributed by atoms with Crippen LogP contribution in [0.5, 0.6) is 0 Å². The number of anilines is 1. The lowest BCUT2D eigenvalue weighted by Gasteiger charge is -2.12. The molecule has 0 aliphatic heterocycles. The van der Waals surface area contributed by atoms with Crippen molar-refractivity contribution in [3.8, 4) is 0 Å². The molecule has 0 saturated carbocycles. The highest BCUT2D eigenvalue weighted by Crippen LogP contribution is 2.32. The maximum Gasteiger partial charge on any atom is 0.416 e. The zero-order valence-electron chi connectivity index (χ0n) is 10.0. The van der Waals surface area contributed by atoms with Crippen molar-refractivity contribution >= 4 is 17.3 Å². The molecule has 6 heteroatoms. The summed E-state index contributed by atoms with van der Waals surface area (Å²) in [5.74, 6) is 0.557. The minimum Gasteiger partial charge on any atom is -0.448 e. The van der Waals surface area contributed by atoms with E-state index in [1.165, 1.54) is 6.07 Å². The molecule has 102 valence electrons. The average Bonchev–Trinajstić information content (AvgIpc) is 2.72. The Kier molecular flexibility index (Phi) is 3.75. The summed E-state index contributed by atoms with van der Waals surface area (Å²) in [6.07, 6.45) is -4.35. The number of alkyl halides is 3. The van der Waals surface area contributed by atoms with Crippen molar-refractivity contribution in [2.45, 2.75) is 19.6 Å². The van der Waals surface area contributed by atoms with Gasteiger partial charge in [0.05, 0.1) is 12.1 Å². The van der Waals surface area contributed by atoms with Crippen LogP contribution >= 0.6 is 11.6 Å². The first kappa shape index (κ1) is 13.8. The minimum absolute atomic E-state index is 0.248. The van der Waals surface area contributed by atoms with Gasteiger partial charge in [-0.3, -0.25) is 0 Å². The number of hydrogen-bond acceptors (Lipinski definition) is 2. The molecule has 19 heavy (non-hydrogen) atoms. The van der Waals surface area contributed by atoms with Gasteiger partial charge in [-0.1, -0.05) is 6.07 Å². The van der Waals surface area contributed by atoms with Gasteiger partial charge < -0.3 is 9.73 Å². The SMILES string of the molecule is Cc1ccc(C(F)(F)F)cc1NCc1ccc(Cl)o1. The number of hydrogen-bond donors (Lipinski definition) is 1. The van der Waals surface area contributed by atoms with E-state index < -0.39 is 11.7 Å². The molecule has 1 aromatic heterocycles. The maximum atomic E-state index is 12.6. The Morgan fingerprint density at radius 1 is 1.21 bits per heavy atom. The average molecular weight is 290 g/mol. The van der Waals surface area contributed by atoms with Gasteiger partial charge in [-0.05, 0) is 48.4 Å². The molecular weight excluding hydrogens is 279 g/mol. The van der Waals surface area contributed by atoms with Crippen LogP contribution in [0.2, 0.25) is 5.22 Å². The van der Waals surface area contributed by atoms with Crippen LogP contribution in [-0.4, -0.2) is 0 Å². The van der Waals surface area contributed by atoms with Crippen LogP contribution in [0.25, 0.3) is 0 Å². The molecule has 0 saturated heterocycles. The zero-order valence-corrected chi connectivity index (χ0v) is 10.8. The summed E-state index contributed by atoms with van der Waals surface area (Å²) in [4.78, 5) is 0. The molecule has 0 amide bonds. The van der Waals surface area contributed by atoms with Crippen LogP contribution in [-0.2, 0) is 12.7 Å². The predicted molar refractivity (Wildman–Crippen MR) is 67.2 cm³/mol. The highest BCUT2D eigenvalue weighted by Gasteiger charge is 2.30. The van der Waals surface area contributed by atoms with E-state index >= 15 is 0 Å². The highest BCUT2D eigenvalue weighted by atomic mass is 35.5. The number of benzene rings is 1. The Labute approximate surface area is 113 Å². The molecule has 1 N–H and O–H groups in total. The van der Waals surface area contributed by atoms with E-state index in [1.807, 2.05) is 0 Å². The summed E-state index contributed by atoms with van der Waals surface area (Å²) in [5.41, 5.74) is 0.464. The fourth-order valence-electron chi connectivity index (χ4n) is 1.62. The second kappa shape index (κ2) is 5.17. The van der Waals surface area contributed by atoms with Gasteiger partial charge in [-0.15, -0.1) is 0 Å². The van der Waals surface area contributed by atoms with Gasteiger partial charge in [0.1, 0.15) is 5.76 Å². The topological polar surface area (TPSA) is 25.2 Å². The van der Waals surface area contributed by atoms with E-state index in [1.54, 1.807) is 19.1 Å². The third-order valence-electron chi connectivity index (χ3n) is 2.65. The molecule has 2 aromatic rings. The number of aryl methyl sites for hydroxylation is 1. The Morgan fingerprint density at radius 3 is 2.53 bits per heavy atom. The first-order valence-corrected chi connectivity index (χ1v) is 5.90. The Balaban J connectivity index is 2.15. The smallest absolute Gasteiger partial charge is 0.416 e. The molecular formula is C13H11ClF3NO. The van der Waals surface area contributed by atoms with E-state index in [0.29, 0.717) is 11.4 Å². The number of nitrogens with one attached hydrogen (secondary N) is 1. The Morgan fingerprint density at radius 2 is 1.95 bits per heavy atom. The number of rotatable bonds is 3.